The Morgan fingerprint density at radius 1 is 0.455 bits per heavy atom. The maximum absolute atomic E-state index is 13.0. The van der Waals surface area contributed by atoms with Crippen molar-refractivity contribution in [3.63, 3.8) is 0 Å². The van der Waals surface area contributed by atoms with E-state index in [1.807, 2.05) is 0 Å². The third kappa shape index (κ3) is 38.8. The number of carbonyl (C=O) groups is 5. The van der Waals surface area contributed by atoms with Gasteiger partial charge in [0.25, 0.3) is 0 Å². The molecule has 0 bridgehead atoms. The van der Waals surface area contributed by atoms with Crippen molar-refractivity contribution in [2.45, 2.75) is 331 Å². The Morgan fingerprint density at radius 3 is 1.43 bits per heavy atom. The van der Waals surface area contributed by atoms with Crippen molar-refractivity contribution in [2.24, 2.45) is 0 Å². The molecule has 3 rings (SSSR count). The third-order valence-corrected chi connectivity index (χ3v) is 18.2. The van der Waals surface area contributed by atoms with Crippen LogP contribution in [0.2, 0.25) is 0 Å². The number of ether oxygens (including phenoxy) is 8. The highest BCUT2D eigenvalue weighted by atomic mass is 31.2. The molecule has 0 aliphatic carbocycles. The van der Waals surface area contributed by atoms with Crippen LogP contribution >= 0.6 is 8.60 Å². The number of allylic oxidation sites excluding steroid dienone is 4. The van der Waals surface area contributed by atoms with E-state index in [0.717, 1.165) is 84.0 Å². The van der Waals surface area contributed by atoms with Gasteiger partial charge in [0.05, 0.1) is 39.6 Å². The summed E-state index contributed by atoms with van der Waals surface area (Å²) in [5.74, 6) is -2.09. The largest absolute Gasteiger partial charge is 0.462 e. The lowest BCUT2D eigenvalue weighted by Gasteiger charge is -2.48. The van der Waals surface area contributed by atoms with Gasteiger partial charge < -0.3 is 114 Å². The topological polar surface area (TPSA) is 416 Å². The van der Waals surface area contributed by atoms with Gasteiger partial charge in [-0.2, -0.15) is 0 Å². The maximum atomic E-state index is 13.0. The van der Waals surface area contributed by atoms with Gasteiger partial charge in [0.15, 0.2) is 25.0 Å². The standard InChI is InChI=1S/C70H126N3O25P/c1-4-6-8-10-12-14-16-18-20-22-24-26-28-30-32-39-57(80)90-48-51(93-58(81)40-33-31-29-27-25-23-21-19-17-15-13-11-9-7-5-2)49-92-99(88)91-44-42-72-56(79)38-35-34-37-55(78)71-41-36-43-89-68-59(73-50(3)77)62(84)66(54(47-76)96-68)97-70-65(87)67(61(83)53(46-75)95-70)98-69-64(86)63(85)60(82)52(45-74)94-69/h18-21,51-54,59-70,74-76,82-88H,4-17,22-49H2,1-3H3,(H,71,78)(H,72,79)(H,73,77)/b20-18-,21-19-/t51-,52?,53?,54?,59?,60+,61+,62?,63?,64?,65?,66-,67?,68-,69-,70+,99?/m1/s1. The molecule has 3 heterocycles. The number of nitrogens with one attached hydrogen (secondary N) is 3. The zero-order valence-corrected chi connectivity index (χ0v) is 60.2. The molecule has 0 aromatic heterocycles. The van der Waals surface area contributed by atoms with Crippen LogP contribution in [0.1, 0.15) is 233 Å². The average Bonchev–Trinajstić information content (AvgIpc) is 0.777. The molecule has 0 aromatic carbocycles. The predicted molar refractivity (Wildman–Crippen MR) is 366 cm³/mol. The minimum Gasteiger partial charge on any atom is -0.462 e. The summed E-state index contributed by atoms with van der Waals surface area (Å²) in [7, 11) is -2.45. The van der Waals surface area contributed by atoms with Crippen molar-refractivity contribution >= 4 is 38.3 Å². The van der Waals surface area contributed by atoms with E-state index in [9.17, 15) is 74.8 Å². The van der Waals surface area contributed by atoms with Gasteiger partial charge in [0.2, 0.25) is 17.7 Å². The van der Waals surface area contributed by atoms with E-state index >= 15 is 0 Å². The van der Waals surface area contributed by atoms with E-state index in [1.54, 1.807) is 0 Å². The molecule has 3 aliphatic heterocycles. The summed E-state index contributed by atoms with van der Waals surface area (Å²) in [6.45, 7) is 2.65. The monoisotopic (exact) mass is 1440 g/mol. The zero-order chi connectivity index (χ0) is 72.4. The smallest absolute Gasteiger partial charge is 0.330 e. The molecule has 0 spiro atoms. The van der Waals surface area contributed by atoms with Crippen LogP contribution in [-0.4, -0.2) is 238 Å². The van der Waals surface area contributed by atoms with Gasteiger partial charge in [-0.3, -0.25) is 24.0 Å². The lowest BCUT2D eigenvalue weighted by Crippen LogP contribution is -2.68. The Hall–Kier alpha value is -3.46. The lowest BCUT2D eigenvalue weighted by molar-refractivity contribution is -0.376. The predicted octanol–water partition coefficient (Wildman–Crippen LogP) is 5.56. The number of rotatable bonds is 58. The fourth-order valence-electron chi connectivity index (χ4n) is 11.6. The third-order valence-electron chi connectivity index (χ3n) is 17.5. The van der Waals surface area contributed by atoms with Crippen LogP contribution in [-0.2, 0) is 70.9 Å². The number of unbranched alkanes of at least 4 members (excludes halogenated alkanes) is 23. The van der Waals surface area contributed by atoms with E-state index in [0.29, 0.717) is 25.7 Å². The highest BCUT2D eigenvalue weighted by Crippen LogP contribution is 2.35. The molecule has 29 heteroatoms. The molecule has 13 N–H and O–H groups in total. The number of hydrogen-bond acceptors (Lipinski definition) is 25. The molecular weight excluding hydrogens is 1310 g/mol. The van der Waals surface area contributed by atoms with Crippen molar-refractivity contribution in [3.05, 3.63) is 24.3 Å². The van der Waals surface area contributed by atoms with Gasteiger partial charge in [0.1, 0.15) is 79.8 Å². The van der Waals surface area contributed by atoms with Crippen LogP contribution in [0.5, 0.6) is 0 Å². The molecule has 3 saturated heterocycles. The van der Waals surface area contributed by atoms with Gasteiger partial charge in [-0.15, -0.1) is 0 Å². The Bertz CT molecular complexity index is 2180. The summed E-state index contributed by atoms with van der Waals surface area (Å²) in [6, 6.07) is -1.35. The van der Waals surface area contributed by atoms with E-state index in [4.69, 9.17) is 46.9 Å². The summed E-state index contributed by atoms with van der Waals surface area (Å²) in [5.41, 5.74) is 0. The fourth-order valence-corrected chi connectivity index (χ4v) is 12.2. The van der Waals surface area contributed by atoms with Gasteiger partial charge in [-0.1, -0.05) is 141 Å². The van der Waals surface area contributed by atoms with Crippen molar-refractivity contribution in [2.75, 3.05) is 59.3 Å². The second-order valence-corrected chi connectivity index (χ2v) is 27.0. The van der Waals surface area contributed by atoms with Crippen LogP contribution in [0, 0.1) is 0 Å². The molecule has 10 unspecified atom stereocenters. The molecule has 3 aliphatic rings. The molecule has 3 amide bonds. The first kappa shape index (κ1) is 89.8. The normalized spacial score (nSPS) is 26.3. The Labute approximate surface area is 588 Å². The number of carbonyl (C=O) groups excluding carboxylic acids is 5. The van der Waals surface area contributed by atoms with Crippen molar-refractivity contribution in [3.8, 4) is 0 Å². The van der Waals surface area contributed by atoms with Crippen LogP contribution in [0.4, 0.5) is 0 Å². The number of esters is 2. The summed E-state index contributed by atoms with van der Waals surface area (Å²) in [5, 5.41) is 103. The minimum atomic E-state index is -2.45. The molecule has 28 nitrogen and oxygen atoms in total. The minimum absolute atomic E-state index is 0.0464. The SMILES string of the molecule is CCCCCCCC/C=C\CCCCCCCC(=O)OC[C@H](COP(O)OCCNC(=O)CCCCC(=O)NCCCO[C@@H]1OC(CO)[C@@H](O[C@@H]2OC(CO)[C@H](O)C(O[C@H]3OC(CO)[C@H](O)C(O)C3O)C2O)C(O)C1NC(C)=O)OC(=O)CCCCCCC/C=C\CCCCCCCC. The fraction of sp³-hybridized carbons (Fsp3) is 0.871. The number of hydrogen-bond donors (Lipinski definition) is 13. The summed E-state index contributed by atoms with van der Waals surface area (Å²) in [4.78, 5) is 73.8. The van der Waals surface area contributed by atoms with E-state index in [1.165, 1.54) is 77.0 Å². The van der Waals surface area contributed by atoms with Crippen molar-refractivity contribution in [1.82, 2.24) is 16.0 Å². The van der Waals surface area contributed by atoms with Crippen molar-refractivity contribution < 1.29 is 122 Å². The maximum Gasteiger partial charge on any atom is 0.330 e. The van der Waals surface area contributed by atoms with E-state index in [-0.39, 0.29) is 83.4 Å². The molecule has 576 valence electrons. The summed E-state index contributed by atoms with van der Waals surface area (Å²) >= 11 is 0. The van der Waals surface area contributed by atoms with Crippen LogP contribution in [0.15, 0.2) is 24.3 Å². The first-order chi connectivity index (χ1) is 47.9. The second-order valence-electron chi connectivity index (χ2n) is 26.0. The highest BCUT2D eigenvalue weighted by molar-refractivity contribution is 7.40. The number of amides is 3. The summed E-state index contributed by atoms with van der Waals surface area (Å²) in [6.07, 6.45) is 15.5. The molecule has 3 fully saturated rings. The van der Waals surface area contributed by atoms with Gasteiger partial charge in [-0.05, 0) is 83.5 Å². The molecular formula is C70H126N3O25P. The molecule has 0 radical (unpaired) electrons. The first-order valence-corrected chi connectivity index (χ1v) is 38.0. The first-order valence-electron chi connectivity index (χ1n) is 36.9. The van der Waals surface area contributed by atoms with E-state index < -0.39 is 144 Å². The van der Waals surface area contributed by atoms with Gasteiger partial charge in [0, 0.05) is 45.7 Å². The molecule has 17 atom stereocenters. The highest BCUT2D eigenvalue weighted by Gasteiger charge is 2.54. The van der Waals surface area contributed by atoms with Gasteiger partial charge in [-0.25, -0.2) is 0 Å². The zero-order valence-electron chi connectivity index (χ0n) is 59.3. The molecule has 0 saturated carbocycles. The van der Waals surface area contributed by atoms with Crippen molar-refractivity contribution in [1.29, 1.82) is 0 Å². The number of aliphatic hydroxyl groups is 9. The average molecular weight is 1440 g/mol. The molecule has 0 aromatic rings. The van der Waals surface area contributed by atoms with Gasteiger partial charge >= 0.3 is 20.5 Å². The van der Waals surface area contributed by atoms with Crippen LogP contribution < -0.4 is 16.0 Å². The Kier molecular flexibility index (Phi) is 50.8. The quantitative estimate of drug-likeness (QED) is 0.0153. The second kappa shape index (κ2) is 56.0. The van der Waals surface area contributed by atoms with Crippen LogP contribution in [0.25, 0.3) is 0 Å². The Morgan fingerprint density at radius 2 is 0.909 bits per heavy atom. The lowest BCUT2D eigenvalue weighted by atomic mass is 9.95. The van der Waals surface area contributed by atoms with Crippen LogP contribution in [0.3, 0.4) is 0 Å². The summed E-state index contributed by atoms with van der Waals surface area (Å²) < 4.78 is 56.3. The van der Waals surface area contributed by atoms with E-state index in [2.05, 4.69) is 54.1 Å². The number of aliphatic hydroxyl groups excluding tert-OH is 9. The molecule has 99 heavy (non-hydrogen) atoms. The Balaban J connectivity index is 1.35.